The first-order chi connectivity index (χ1) is 6.99. The highest BCUT2D eigenvalue weighted by molar-refractivity contribution is 5.91. The van der Waals surface area contributed by atoms with Crippen molar-refractivity contribution in [2.75, 3.05) is 0 Å². The van der Waals surface area contributed by atoms with E-state index >= 15 is 0 Å². The van der Waals surface area contributed by atoms with Crippen LogP contribution in [0.2, 0.25) is 0 Å². The predicted octanol–water partition coefficient (Wildman–Crippen LogP) is 1.48. The molecule has 0 rings (SSSR count). The minimum absolute atomic E-state index is 0.526. The zero-order valence-electron chi connectivity index (χ0n) is 8.15. The molecular weight excluding hydrogens is 239 g/mol. The van der Waals surface area contributed by atoms with Gasteiger partial charge in [-0.3, -0.25) is 4.79 Å². The van der Waals surface area contributed by atoms with Crippen molar-refractivity contribution in [1.29, 1.82) is 0 Å². The van der Waals surface area contributed by atoms with Gasteiger partial charge in [-0.05, 0) is 13.3 Å². The van der Waals surface area contributed by atoms with Crippen molar-refractivity contribution in [3.05, 3.63) is 0 Å². The Kier molecular flexibility index (Phi) is 4.54. The third-order valence-corrected chi connectivity index (χ3v) is 1.75. The quantitative estimate of drug-likeness (QED) is 0.750. The second-order valence-corrected chi connectivity index (χ2v) is 3.21. The van der Waals surface area contributed by atoms with E-state index in [2.05, 4.69) is 0 Å². The lowest BCUT2D eigenvalue weighted by Crippen LogP contribution is -2.48. The third-order valence-electron chi connectivity index (χ3n) is 1.75. The number of hydrogen-bond donors (Lipinski definition) is 1. The maximum atomic E-state index is 12.7. The van der Waals surface area contributed by atoms with Crippen molar-refractivity contribution in [2.45, 2.75) is 38.0 Å². The second kappa shape index (κ2) is 4.86. The minimum atomic E-state index is -5.72. The number of carbonyl (C=O) groups is 2. The first kappa shape index (κ1) is 14.9. The molecule has 0 saturated carbocycles. The average molecular weight is 248 g/mol. The summed E-state index contributed by atoms with van der Waals surface area (Å²) in [6.45, 7) is 1.02. The fourth-order valence-corrected chi connectivity index (χ4v) is 0.862. The fourth-order valence-electron chi connectivity index (χ4n) is 0.862. The van der Waals surface area contributed by atoms with Crippen LogP contribution < -0.4 is 0 Å². The van der Waals surface area contributed by atoms with Crippen LogP contribution in [-0.4, -0.2) is 34.9 Å². The maximum Gasteiger partial charge on any atom is 0.456 e. The Labute approximate surface area is 87.2 Å². The number of aliphatic hydroxyl groups excluding tert-OH is 1. The molecule has 3 nitrogen and oxygen atoms in total. The first-order valence-corrected chi connectivity index (χ1v) is 4.16. The highest BCUT2D eigenvalue weighted by Crippen LogP contribution is 2.31. The van der Waals surface area contributed by atoms with E-state index in [1.165, 1.54) is 0 Å². The molecule has 0 heterocycles. The molecule has 0 aromatic heterocycles. The molecule has 0 saturated heterocycles. The minimum Gasteiger partial charge on any atom is -0.386 e. The van der Waals surface area contributed by atoms with Crippen molar-refractivity contribution in [3.8, 4) is 0 Å². The van der Waals surface area contributed by atoms with Crippen LogP contribution in [0.15, 0.2) is 0 Å². The van der Waals surface area contributed by atoms with Gasteiger partial charge in [0.25, 0.3) is 0 Å². The lowest BCUT2D eigenvalue weighted by Gasteiger charge is -2.21. The Hall–Kier alpha value is -1.05. The van der Waals surface area contributed by atoms with Gasteiger partial charge in [0.2, 0.25) is 0 Å². The van der Waals surface area contributed by atoms with Crippen molar-refractivity contribution >= 4 is 11.6 Å². The van der Waals surface area contributed by atoms with E-state index in [0.717, 1.165) is 6.92 Å². The molecule has 1 N–H and O–H groups in total. The van der Waals surface area contributed by atoms with Gasteiger partial charge in [-0.2, -0.15) is 22.0 Å². The second-order valence-electron chi connectivity index (χ2n) is 3.21. The Bertz CT molecular complexity index is 284. The van der Waals surface area contributed by atoms with E-state index in [1.807, 2.05) is 0 Å². The lowest BCUT2D eigenvalue weighted by atomic mass is 10.0. The van der Waals surface area contributed by atoms with Gasteiger partial charge in [-0.15, -0.1) is 0 Å². The van der Waals surface area contributed by atoms with Crippen molar-refractivity contribution in [3.63, 3.8) is 0 Å². The molecule has 16 heavy (non-hydrogen) atoms. The van der Waals surface area contributed by atoms with Crippen LogP contribution in [0, 0.1) is 0 Å². The zero-order chi connectivity index (χ0) is 13.1. The maximum absolute atomic E-state index is 12.7. The molecule has 0 bridgehead atoms. The molecule has 0 radical (unpaired) electrons. The number of carbonyl (C=O) groups excluding carboxylic acids is 2. The van der Waals surface area contributed by atoms with Gasteiger partial charge in [0.05, 0.1) is 0 Å². The molecular formula is C8H9F5O3. The summed E-state index contributed by atoms with van der Waals surface area (Å²) in [6.07, 6.45) is -9.96. The number of ketones is 2. The van der Waals surface area contributed by atoms with Crippen LogP contribution >= 0.6 is 0 Å². The first-order valence-electron chi connectivity index (χ1n) is 4.16. The highest BCUT2D eigenvalue weighted by Gasteiger charge is 2.58. The summed E-state index contributed by atoms with van der Waals surface area (Å²) in [5.41, 5.74) is 0. The van der Waals surface area contributed by atoms with E-state index in [-0.39, 0.29) is 0 Å². The number of rotatable bonds is 5. The molecule has 0 fully saturated rings. The van der Waals surface area contributed by atoms with Crippen LogP contribution in [0.1, 0.15) is 19.8 Å². The molecule has 0 amide bonds. The number of alkyl halides is 5. The monoisotopic (exact) mass is 248 g/mol. The number of aliphatic hydroxyl groups is 1. The Balaban J connectivity index is 4.65. The van der Waals surface area contributed by atoms with Gasteiger partial charge in [-0.1, -0.05) is 0 Å². The molecule has 0 aromatic carbocycles. The summed E-state index contributed by atoms with van der Waals surface area (Å²) in [5, 5.41) is 8.74. The van der Waals surface area contributed by atoms with Crippen LogP contribution in [0.5, 0.6) is 0 Å². The summed E-state index contributed by atoms with van der Waals surface area (Å²) >= 11 is 0. The zero-order valence-corrected chi connectivity index (χ0v) is 8.15. The molecule has 94 valence electrons. The van der Waals surface area contributed by atoms with Gasteiger partial charge >= 0.3 is 17.9 Å². The van der Waals surface area contributed by atoms with Crippen LogP contribution in [0.25, 0.3) is 0 Å². The predicted molar refractivity (Wildman–Crippen MR) is 41.9 cm³/mol. The van der Waals surface area contributed by atoms with Crippen molar-refractivity contribution in [2.24, 2.45) is 0 Å². The van der Waals surface area contributed by atoms with Crippen LogP contribution in [-0.2, 0) is 9.59 Å². The molecule has 0 aromatic rings. The smallest absolute Gasteiger partial charge is 0.386 e. The van der Waals surface area contributed by atoms with Crippen LogP contribution in [0.4, 0.5) is 22.0 Å². The average Bonchev–Trinajstić information content (AvgIpc) is 2.11. The van der Waals surface area contributed by atoms with Crippen molar-refractivity contribution < 1.29 is 36.6 Å². The summed E-state index contributed by atoms with van der Waals surface area (Å²) in [5.74, 6) is -8.81. The van der Waals surface area contributed by atoms with E-state index in [0.29, 0.717) is 0 Å². The molecule has 0 aliphatic heterocycles. The van der Waals surface area contributed by atoms with Gasteiger partial charge in [-0.25, -0.2) is 0 Å². The van der Waals surface area contributed by atoms with Crippen LogP contribution in [0.3, 0.4) is 0 Å². The van der Waals surface area contributed by atoms with Gasteiger partial charge in [0.15, 0.2) is 0 Å². The van der Waals surface area contributed by atoms with E-state index in [4.69, 9.17) is 5.11 Å². The number of hydrogen-bond acceptors (Lipinski definition) is 3. The van der Waals surface area contributed by atoms with Gasteiger partial charge in [0.1, 0.15) is 11.9 Å². The molecule has 1 unspecified atom stereocenters. The molecule has 8 heteroatoms. The Morgan fingerprint density at radius 3 is 1.94 bits per heavy atom. The standard InChI is InChI=1S/C8H9F5O3/c1-4(14)2-3-5(15)7(9,10)6(16)8(11,12)13/h5,15H,2-3H2,1H3. The van der Waals surface area contributed by atoms with Crippen molar-refractivity contribution in [1.82, 2.24) is 0 Å². The Morgan fingerprint density at radius 2 is 1.62 bits per heavy atom. The normalized spacial score (nSPS) is 14.7. The van der Waals surface area contributed by atoms with E-state index in [9.17, 15) is 31.5 Å². The molecule has 0 spiro atoms. The fraction of sp³-hybridized carbons (Fsp3) is 0.750. The number of Topliss-reactive ketones (excluding diaryl/α,β-unsaturated/α-hetero) is 2. The lowest BCUT2D eigenvalue weighted by molar-refractivity contribution is -0.208. The summed E-state index contributed by atoms with van der Waals surface area (Å²) in [6, 6.07) is 0. The largest absolute Gasteiger partial charge is 0.456 e. The highest BCUT2D eigenvalue weighted by atomic mass is 19.4. The third kappa shape index (κ3) is 3.84. The summed E-state index contributed by atoms with van der Waals surface area (Å²) in [7, 11) is 0. The molecule has 0 aliphatic rings. The molecule has 1 atom stereocenters. The van der Waals surface area contributed by atoms with Gasteiger partial charge < -0.3 is 9.90 Å². The Morgan fingerprint density at radius 1 is 1.19 bits per heavy atom. The number of halogens is 5. The molecule has 0 aliphatic carbocycles. The van der Waals surface area contributed by atoms with Gasteiger partial charge in [0, 0.05) is 6.42 Å². The topological polar surface area (TPSA) is 54.4 Å². The SMILES string of the molecule is CC(=O)CCC(O)C(F)(F)C(=O)C(F)(F)F. The van der Waals surface area contributed by atoms with E-state index < -0.39 is 42.6 Å². The summed E-state index contributed by atoms with van der Waals surface area (Å²) in [4.78, 5) is 20.6. The van der Waals surface area contributed by atoms with E-state index in [1.54, 1.807) is 0 Å². The summed E-state index contributed by atoms with van der Waals surface area (Å²) < 4.78 is 60.5.